The van der Waals surface area contributed by atoms with Crippen LogP contribution in [0.2, 0.25) is 0 Å². The maximum atomic E-state index is 12.4. The van der Waals surface area contributed by atoms with E-state index in [1.54, 1.807) is 0 Å². The maximum absolute atomic E-state index is 12.4. The summed E-state index contributed by atoms with van der Waals surface area (Å²) >= 11 is 1.81. The largest absolute Gasteiger partial charge is 0.481 e. The summed E-state index contributed by atoms with van der Waals surface area (Å²) in [5, 5.41) is 15.5. The predicted octanol–water partition coefficient (Wildman–Crippen LogP) is 3.44. The molecule has 0 saturated heterocycles. The minimum absolute atomic E-state index is 0.0502. The monoisotopic (exact) mass is 364 g/mol. The van der Waals surface area contributed by atoms with Crippen molar-refractivity contribution in [1.82, 2.24) is 10.6 Å². The summed E-state index contributed by atoms with van der Waals surface area (Å²) in [6.07, 6.45) is 7.72. The number of carboxylic acids is 1. The molecule has 6 heteroatoms. The van der Waals surface area contributed by atoms with Crippen LogP contribution in [0.25, 0.3) is 0 Å². The molecule has 5 nitrogen and oxygen atoms in total. The molecule has 0 heterocycles. The first-order chi connectivity index (χ1) is 12.1. The summed E-state index contributed by atoms with van der Waals surface area (Å²) < 4.78 is 0. The third kappa shape index (κ3) is 6.98. The zero-order valence-electron chi connectivity index (χ0n) is 14.7. The number of aliphatic carboxylic acids is 1. The Bertz CT molecular complexity index is 553. The average Bonchev–Trinajstić information content (AvgIpc) is 2.61. The highest BCUT2D eigenvalue weighted by Gasteiger charge is 2.26. The highest BCUT2D eigenvalue weighted by atomic mass is 32.2. The van der Waals surface area contributed by atoms with Crippen LogP contribution in [0.3, 0.4) is 0 Å². The van der Waals surface area contributed by atoms with Crippen LogP contribution in [-0.4, -0.2) is 40.7 Å². The van der Waals surface area contributed by atoms with Gasteiger partial charge in [0.25, 0.3) is 0 Å². The fraction of sp³-hybridized carbons (Fsp3) is 0.579. The summed E-state index contributed by atoms with van der Waals surface area (Å²) in [6, 6.07) is 9.68. The van der Waals surface area contributed by atoms with Gasteiger partial charge in [-0.1, -0.05) is 43.2 Å². The Labute approximate surface area is 154 Å². The summed E-state index contributed by atoms with van der Waals surface area (Å²) in [4.78, 5) is 23.3. The summed E-state index contributed by atoms with van der Waals surface area (Å²) in [6.45, 7) is 0. The quantitative estimate of drug-likeness (QED) is 0.660. The molecule has 25 heavy (non-hydrogen) atoms. The van der Waals surface area contributed by atoms with Crippen LogP contribution in [0.1, 0.15) is 44.1 Å². The van der Waals surface area contributed by atoms with Gasteiger partial charge < -0.3 is 15.7 Å². The first kappa shape index (κ1) is 19.6. The molecular formula is C19H28N2O3S. The molecule has 0 aromatic heterocycles. The molecule has 2 rings (SSSR count). The van der Waals surface area contributed by atoms with Crippen LogP contribution in [0.15, 0.2) is 30.3 Å². The summed E-state index contributed by atoms with van der Waals surface area (Å²) in [7, 11) is 0. The number of carbonyl (C=O) groups excluding carboxylic acids is 1. The zero-order chi connectivity index (χ0) is 18.1. The van der Waals surface area contributed by atoms with Gasteiger partial charge >= 0.3 is 12.0 Å². The van der Waals surface area contributed by atoms with E-state index in [0.29, 0.717) is 18.1 Å². The van der Waals surface area contributed by atoms with E-state index < -0.39 is 5.97 Å². The number of rotatable bonds is 8. The highest BCUT2D eigenvalue weighted by molar-refractivity contribution is 7.99. The van der Waals surface area contributed by atoms with E-state index in [0.717, 1.165) is 24.8 Å². The van der Waals surface area contributed by atoms with Gasteiger partial charge in [0.2, 0.25) is 0 Å². The topological polar surface area (TPSA) is 78.4 Å². The smallest absolute Gasteiger partial charge is 0.315 e. The SMILES string of the molecule is CS[C@H]1CCCC[C@@H]1NC(=O)NC(CCC(=O)O)Cc1ccccc1. The van der Waals surface area contributed by atoms with Crippen molar-refractivity contribution in [1.29, 1.82) is 0 Å². The third-order valence-corrected chi connectivity index (χ3v) is 5.86. The van der Waals surface area contributed by atoms with Crippen LogP contribution in [0, 0.1) is 0 Å². The van der Waals surface area contributed by atoms with E-state index >= 15 is 0 Å². The fourth-order valence-corrected chi connectivity index (χ4v) is 4.30. The molecule has 1 aliphatic rings. The third-order valence-electron chi connectivity index (χ3n) is 4.69. The van der Waals surface area contributed by atoms with Crippen LogP contribution >= 0.6 is 11.8 Å². The van der Waals surface area contributed by atoms with Gasteiger partial charge in [-0.05, 0) is 37.5 Å². The van der Waals surface area contributed by atoms with Crippen molar-refractivity contribution in [3.63, 3.8) is 0 Å². The average molecular weight is 365 g/mol. The molecule has 3 atom stereocenters. The molecule has 1 aliphatic carbocycles. The van der Waals surface area contributed by atoms with Crippen molar-refractivity contribution in [3.05, 3.63) is 35.9 Å². The second-order valence-corrected chi connectivity index (χ2v) is 7.68. The second kappa shape index (κ2) is 10.3. The van der Waals surface area contributed by atoms with Gasteiger partial charge in [-0.25, -0.2) is 4.79 Å². The molecular weight excluding hydrogens is 336 g/mol. The van der Waals surface area contributed by atoms with E-state index in [2.05, 4.69) is 16.9 Å². The van der Waals surface area contributed by atoms with Gasteiger partial charge in [-0.2, -0.15) is 11.8 Å². The maximum Gasteiger partial charge on any atom is 0.315 e. The van der Waals surface area contributed by atoms with Crippen molar-refractivity contribution in [2.45, 2.75) is 62.3 Å². The number of benzene rings is 1. The van der Waals surface area contributed by atoms with Gasteiger partial charge in [-0.3, -0.25) is 4.79 Å². The van der Waals surface area contributed by atoms with Crippen molar-refractivity contribution in [3.8, 4) is 0 Å². The number of amides is 2. The first-order valence-electron chi connectivity index (χ1n) is 8.94. The summed E-state index contributed by atoms with van der Waals surface area (Å²) in [5.74, 6) is -0.838. The van der Waals surface area contributed by atoms with Crippen molar-refractivity contribution in [2.75, 3.05) is 6.26 Å². The molecule has 1 saturated carbocycles. The van der Waals surface area contributed by atoms with Gasteiger partial charge in [0, 0.05) is 23.8 Å². The number of carbonyl (C=O) groups is 2. The van der Waals surface area contributed by atoms with Gasteiger partial charge in [0.05, 0.1) is 0 Å². The zero-order valence-corrected chi connectivity index (χ0v) is 15.6. The lowest BCUT2D eigenvalue weighted by Crippen LogP contribution is -2.51. The Balaban J connectivity index is 1.92. The number of nitrogens with one attached hydrogen (secondary N) is 2. The molecule has 1 fully saturated rings. The van der Waals surface area contributed by atoms with E-state index in [1.807, 2.05) is 42.1 Å². The standard InChI is InChI=1S/C19H28N2O3S/c1-25-17-10-6-5-9-16(17)21-19(24)20-15(11-12-18(22)23)13-14-7-3-2-4-8-14/h2-4,7-8,15-17H,5-6,9-13H2,1H3,(H,22,23)(H2,20,21,24)/t15?,16-,17-/m0/s1. The number of hydrogen-bond acceptors (Lipinski definition) is 3. The number of urea groups is 1. The lowest BCUT2D eigenvalue weighted by Gasteiger charge is -2.31. The van der Waals surface area contributed by atoms with Crippen LogP contribution in [-0.2, 0) is 11.2 Å². The molecule has 1 aromatic rings. The molecule has 0 spiro atoms. The second-order valence-electron chi connectivity index (χ2n) is 6.60. The Morgan fingerprint density at radius 1 is 1.24 bits per heavy atom. The summed E-state index contributed by atoms with van der Waals surface area (Å²) in [5.41, 5.74) is 1.10. The van der Waals surface area contributed by atoms with Gasteiger partial charge in [-0.15, -0.1) is 0 Å². The van der Waals surface area contributed by atoms with Gasteiger partial charge in [0.15, 0.2) is 0 Å². The van der Waals surface area contributed by atoms with E-state index in [9.17, 15) is 9.59 Å². The molecule has 0 aliphatic heterocycles. The predicted molar refractivity (Wildman–Crippen MR) is 102 cm³/mol. The number of thioether (sulfide) groups is 1. The van der Waals surface area contributed by atoms with E-state index in [4.69, 9.17) is 5.11 Å². The molecule has 0 bridgehead atoms. The minimum atomic E-state index is -0.838. The van der Waals surface area contributed by atoms with E-state index in [1.165, 1.54) is 6.42 Å². The molecule has 2 amide bonds. The molecule has 1 unspecified atom stereocenters. The molecule has 1 aromatic carbocycles. The molecule has 0 radical (unpaired) electrons. The van der Waals surface area contributed by atoms with Crippen molar-refractivity contribution >= 4 is 23.8 Å². The molecule has 3 N–H and O–H groups in total. The van der Waals surface area contributed by atoms with Crippen LogP contribution in [0.4, 0.5) is 4.79 Å². The Hall–Kier alpha value is -1.69. The fourth-order valence-electron chi connectivity index (χ4n) is 3.36. The highest BCUT2D eigenvalue weighted by Crippen LogP contribution is 2.27. The Kier molecular flexibility index (Phi) is 8.12. The lowest BCUT2D eigenvalue weighted by atomic mass is 9.95. The van der Waals surface area contributed by atoms with E-state index in [-0.39, 0.29) is 24.5 Å². The number of carboxylic acid groups (broad SMARTS) is 1. The number of hydrogen-bond donors (Lipinski definition) is 3. The van der Waals surface area contributed by atoms with Crippen molar-refractivity contribution < 1.29 is 14.7 Å². The molecule has 138 valence electrons. The minimum Gasteiger partial charge on any atom is -0.481 e. The lowest BCUT2D eigenvalue weighted by molar-refractivity contribution is -0.137. The normalized spacial score (nSPS) is 21.3. The Morgan fingerprint density at radius 2 is 1.96 bits per heavy atom. The van der Waals surface area contributed by atoms with Crippen molar-refractivity contribution in [2.24, 2.45) is 0 Å². The first-order valence-corrected chi connectivity index (χ1v) is 10.2. The van der Waals surface area contributed by atoms with Gasteiger partial charge in [0.1, 0.15) is 0 Å². The van der Waals surface area contributed by atoms with Crippen LogP contribution < -0.4 is 10.6 Å². The van der Waals surface area contributed by atoms with Crippen LogP contribution in [0.5, 0.6) is 0 Å². The Morgan fingerprint density at radius 3 is 2.64 bits per heavy atom.